The smallest absolute Gasteiger partial charge is 0.175 e. The van der Waals surface area contributed by atoms with E-state index in [4.69, 9.17) is 0 Å². The molecule has 0 amide bonds. The SMILES string of the molecule is CC(C)c1cc(C(C)(C)C)ccc1S(C)(=O)=O. The normalized spacial score (nSPS) is 13.1. The number of rotatable bonds is 2. The van der Waals surface area contributed by atoms with Crippen molar-refractivity contribution < 1.29 is 8.42 Å². The van der Waals surface area contributed by atoms with Crippen molar-refractivity contribution in [3.8, 4) is 0 Å². The van der Waals surface area contributed by atoms with Crippen LogP contribution in [0.5, 0.6) is 0 Å². The Kier molecular flexibility index (Phi) is 3.72. The van der Waals surface area contributed by atoms with Crippen LogP contribution in [0.2, 0.25) is 0 Å². The summed E-state index contributed by atoms with van der Waals surface area (Å²) in [7, 11) is -3.14. The summed E-state index contributed by atoms with van der Waals surface area (Å²) in [6.07, 6.45) is 1.27. The van der Waals surface area contributed by atoms with Crippen molar-refractivity contribution in [2.24, 2.45) is 0 Å². The molecule has 96 valence electrons. The highest BCUT2D eigenvalue weighted by molar-refractivity contribution is 7.90. The van der Waals surface area contributed by atoms with Crippen LogP contribution in [0.4, 0.5) is 0 Å². The number of hydrogen-bond donors (Lipinski definition) is 0. The second-order valence-corrected chi connectivity index (χ2v) is 7.91. The summed E-state index contributed by atoms with van der Waals surface area (Å²) in [5.74, 6) is 0.210. The highest BCUT2D eigenvalue weighted by atomic mass is 32.2. The lowest BCUT2D eigenvalue weighted by Crippen LogP contribution is -2.13. The molecule has 0 aliphatic heterocycles. The average Bonchev–Trinajstić information content (AvgIpc) is 2.14. The van der Waals surface area contributed by atoms with E-state index < -0.39 is 9.84 Å². The molecule has 0 N–H and O–H groups in total. The van der Waals surface area contributed by atoms with Crippen LogP contribution in [-0.4, -0.2) is 14.7 Å². The standard InChI is InChI=1S/C14H22O2S/c1-10(2)12-9-11(14(3,4)5)7-8-13(12)17(6,15)16/h7-10H,1-6H3. The largest absolute Gasteiger partial charge is 0.224 e. The van der Waals surface area contributed by atoms with E-state index >= 15 is 0 Å². The van der Waals surface area contributed by atoms with Crippen molar-refractivity contribution in [3.05, 3.63) is 29.3 Å². The van der Waals surface area contributed by atoms with Gasteiger partial charge in [-0.3, -0.25) is 0 Å². The zero-order valence-electron chi connectivity index (χ0n) is 11.5. The molecule has 0 aliphatic rings. The summed E-state index contributed by atoms with van der Waals surface area (Å²) >= 11 is 0. The summed E-state index contributed by atoms with van der Waals surface area (Å²) in [6, 6.07) is 5.69. The molecule has 1 aromatic carbocycles. The summed E-state index contributed by atoms with van der Waals surface area (Å²) < 4.78 is 23.4. The van der Waals surface area contributed by atoms with Gasteiger partial charge in [-0.15, -0.1) is 0 Å². The maximum Gasteiger partial charge on any atom is 0.175 e. The molecule has 0 saturated heterocycles. The van der Waals surface area contributed by atoms with Crippen LogP contribution in [0.25, 0.3) is 0 Å². The summed E-state index contributed by atoms with van der Waals surface area (Å²) in [5.41, 5.74) is 2.13. The molecule has 17 heavy (non-hydrogen) atoms. The van der Waals surface area contributed by atoms with Gasteiger partial charge in [0.05, 0.1) is 4.90 Å². The quantitative estimate of drug-likeness (QED) is 0.809. The van der Waals surface area contributed by atoms with Crippen LogP contribution in [0.1, 0.15) is 51.7 Å². The van der Waals surface area contributed by atoms with E-state index in [-0.39, 0.29) is 11.3 Å². The van der Waals surface area contributed by atoms with Gasteiger partial charge in [0.1, 0.15) is 0 Å². The minimum atomic E-state index is -3.14. The van der Waals surface area contributed by atoms with Crippen LogP contribution in [-0.2, 0) is 15.3 Å². The first-order valence-electron chi connectivity index (χ1n) is 5.88. The molecular formula is C14H22O2S. The number of sulfone groups is 1. The van der Waals surface area contributed by atoms with E-state index in [1.165, 1.54) is 11.8 Å². The molecule has 0 saturated carbocycles. The second-order valence-electron chi connectivity index (χ2n) is 5.93. The molecule has 3 heteroatoms. The fourth-order valence-corrected chi connectivity index (χ4v) is 2.84. The van der Waals surface area contributed by atoms with Crippen molar-refractivity contribution in [1.29, 1.82) is 0 Å². The van der Waals surface area contributed by atoms with Gasteiger partial charge in [-0.2, -0.15) is 0 Å². The topological polar surface area (TPSA) is 34.1 Å². The van der Waals surface area contributed by atoms with Gasteiger partial charge < -0.3 is 0 Å². The molecule has 0 unspecified atom stereocenters. The van der Waals surface area contributed by atoms with E-state index in [9.17, 15) is 8.42 Å². The van der Waals surface area contributed by atoms with E-state index in [0.29, 0.717) is 4.90 Å². The Bertz CT molecular complexity index is 506. The maximum atomic E-state index is 11.7. The molecule has 0 radical (unpaired) electrons. The minimum Gasteiger partial charge on any atom is -0.224 e. The molecule has 0 spiro atoms. The lowest BCUT2D eigenvalue weighted by molar-refractivity contribution is 0.583. The van der Waals surface area contributed by atoms with Gasteiger partial charge in [-0.25, -0.2) is 8.42 Å². The number of benzene rings is 1. The molecular weight excluding hydrogens is 232 g/mol. The van der Waals surface area contributed by atoms with Crippen molar-refractivity contribution in [2.75, 3.05) is 6.26 Å². The predicted molar refractivity (Wildman–Crippen MR) is 72.3 cm³/mol. The van der Waals surface area contributed by atoms with E-state index in [2.05, 4.69) is 20.8 Å². The zero-order valence-corrected chi connectivity index (χ0v) is 12.4. The Morgan fingerprint density at radius 1 is 1.12 bits per heavy atom. The molecule has 0 heterocycles. The highest BCUT2D eigenvalue weighted by Gasteiger charge is 2.20. The van der Waals surface area contributed by atoms with Gasteiger partial charge in [0.2, 0.25) is 0 Å². The molecule has 0 bridgehead atoms. The third kappa shape index (κ3) is 3.32. The van der Waals surface area contributed by atoms with Crippen LogP contribution in [0.3, 0.4) is 0 Å². The van der Waals surface area contributed by atoms with Crippen molar-refractivity contribution in [3.63, 3.8) is 0 Å². The average molecular weight is 254 g/mol. The maximum absolute atomic E-state index is 11.7. The van der Waals surface area contributed by atoms with E-state index in [0.717, 1.165) is 5.56 Å². The van der Waals surface area contributed by atoms with Crippen molar-refractivity contribution >= 4 is 9.84 Å². The third-order valence-electron chi connectivity index (χ3n) is 2.90. The van der Waals surface area contributed by atoms with Crippen LogP contribution >= 0.6 is 0 Å². The van der Waals surface area contributed by atoms with Gasteiger partial charge in [-0.05, 0) is 28.5 Å². The molecule has 0 atom stereocenters. The lowest BCUT2D eigenvalue weighted by atomic mass is 9.85. The first-order chi connectivity index (χ1) is 7.53. The summed E-state index contributed by atoms with van der Waals surface area (Å²) in [4.78, 5) is 0.459. The molecule has 1 aromatic rings. The molecule has 2 nitrogen and oxygen atoms in total. The fourth-order valence-electron chi connectivity index (χ4n) is 1.80. The Morgan fingerprint density at radius 3 is 2.00 bits per heavy atom. The monoisotopic (exact) mass is 254 g/mol. The third-order valence-corrected chi connectivity index (χ3v) is 4.07. The predicted octanol–water partition coefficient (Wildman–Crippen LogP) is 3.51. The lowest BCUT2D eigenvalue weighted by Gasteiger charge is -2.22. The Balaban J connectivity index is 3.49. The molecule has 0 aliphatic carbocycles. The summed E-state index contributed by atoms with van der Waals surface area (Å²) in [6.45, 7) is 10.4. The second kappa shape index (κ2) is 4.45. The van der Waals surface area contributed by atoms with Gasteiger partial charge in [0, 0.05) is 6.26 Å². The van der Waals surface area contributed by atoms with Crippen LogP contribution in [0.15, 0.2) is 23.1 Å². The zero-order chi connectivity index (χ0) is 13.4. The van der Waals surface area contributed by atoms with E-state index in [1.54, 1.807) is 6.07 Å². The van der Waals surface area contributed by atoms with Crippen molar-refractivity contribution in [1.82, 2.24) is 0 Å². The van der Waals surface area contributed by atoms with Crippen molar-refractivity contribution in [2.45, 2.75) is 50.8 Å². The molecule has 0 fully saturated rings. The Labute approximate surface area is 105 Å². The summed E-state index contributed by atoms with van der Waals surface area (Å²) in [5, 5.41) is 0. The van der Waals surface area contributed by atoms with Gasteiger partial charge in [0.15, 0.2) is 9.84 Å². The van der Waals surface area contributed by atoms with Gasteiger partial charge in [0.25, 0.3) is 0 Å². The van der Waals surface area contributed by atoms with E-state index in [1.807, 2.05) is 26.0 Å². The molecule has 0 aromatic heterocycles. The molecule has 1 rings (SSSR count). The fraction of sp³-hybridized carbons (Fsp3) is 0.571. The highest BCUT2D eigenvalue weighted by Crippen LogP contribution is 2.30. The Hall–Kier alpha value is -0.830. The number of hydrogen-bond acceptors (Lipinski definition) is 2. The van der Waals surface area contributed by atoms with Crippen LogP contribution in [0, 0.1) is 0 Å². The van der Waals surface area contributed by atoms with Gasteiger partial charge >= 0.3 is 0 Å². The van der Waals surface area contributed by atoms with Crippen LogP contribution < -0.4 is 0 Å². The first kappa shape index (κ1) is 14.2. The van der Waals surface area contributed by atoms with Gasteiger partial charge in [-0.1, -0.05) is 46.8 Å². The Morgan fingerprint density at radius 2 is 1.65 bits per heavy atom. The first-order valence-corrected chi connectivity index (χ1v) is 7.77. The minimum absolute atomic E-state index is 0.0413.